The summed E-state index contributed by atoms with van der Waals surface area (Å²) >= 11 is 0. The fourth-order valence-electron chi connectivity index (χ4n) is 4.53. The van der Waals surface area contributed by atoms with Crippen molar-refractivity contribution in [2.75, 3.05) is 6.54 Å². The molecule has 2 nitrogen and oxygen atoms in total. The summed E-state index contributed by atoms with van der Waals surface area (Å²) in [6.07, 6.45) is 13.2. The quantitative estimate of drug-likeness (QED) is 0.752. The van der Waals surface area contributed by atoms with Crippen molar-refractivity contribution >= 4 is 0 Å². The van der Waals surface area contributed by atoms with Crippen LogP contribution < -0.4 is 5.73 Å². The lowest BCUT2D eigenvalue weighted by Crippen LogP contribution is -2.51. The zero-order valence-corrected chi connectivity index (χ0v) is 12.1. The Kier molecular flexibility index (Phi) is 4.71. The van der Waals surface area contributed by atoms with Crippen LogP contribution in [0.3, 0.4) is 0 Å². The number of hydrogen-bond donors (Lipinski definition) is 2. The van der Waals surface area contributed by atoms with Crippen molar-refractivity contribution in [1.29, 1.82) is 0 Å². The van der Waals surface area contributed by atoms with E-state index in [9.17, 15) is 5.11 Å². The van der Waals surface area contributed by atoms with Crippen LogP contribution in [0.25, 0.3) is 0 Å². The third kappa shape index (κ3) is 2.60. The van der Waals surface area contributed by atoms with Gasteiger partial charge in [0.2, 0.25) is 0 Å². The minimum atomic E-state index is -0.458. The predicted octanol–water partition coefficient (Wildman–Crippen LogP) is 3.62. The van der Waals surface area contributed by atoms with Gasteiger partial charge in [0.1, 0.15) is 0 Å². The largest absolute Gasteiger partial charge is 0.389 e. The van der Waals surface area contributed by atoms with E-state index in [0.717, 1.165) is 31.6 Å². The molecule has 2 aliphatic carbocycles. The highest BCUT2D eigenvalue weighted by molar-refractivity contribution is 5.03. The van der Waals surface area contributed by atoms with Crippen LogP contribution in [0.5, 0.6) is 0 Å². The van der Waals surface area contributed by atoms with Crippen LogP contribution in [-0.2, 0) is 0 Å². The third-order valence-electron chi connectivity index (χ3n) is 5.80. The van der Waals surface area contributed by atoms with Crippen LogP contribution in [0.1, 0.15) is 77.6 Å². The van der Waals surface area contributed by atoms with Crippen LogP contribution in [-0.4, -0.2) is 17.3 Å². The summed E-state index contributed by atoms with van der Waals surface area (Å²) in [5, 5.41) is 11.2. The van der Waals surface area contributed by atoms with E-state index >= 15 is 0 Å². The highest BCUT2D eigenvalue weighted by Crippen LogP contribution is 2.51. The minimum absolute atomic E-state index is 0.0497. The molecule has 106 valence electrons. The molecular weight excluding hydrogens is 222 g/mol. The number of hydrogen-bond acceptors (Lipinski definition) is 2. The van der Waals surface area contributed by atoms with Crippen molar-refractivity contribution in [1.82, 2.24) is 0 Å². The van der Waals surface area contributed by atoms with Gasteiger partial charge in [-0.25, -0.2) is 0 Å². The average Bonchev–Trinajstić information content (AvgIpc) is 2.79. The van der Waals surface area contributed by atoms with Crippen molar-refractivity contribution in [2.45, 2.75) is 83.2 Å². The van der Waals surface area contributed by atoms with Gasteiger partial charge in [0, 0.05) is 12.0 Å². The molecule has 0 aromatic carbocycles. The van der Waals surface area contributed by atoms with E-state index in [4.69, 9.17) is 5.73 Å². The predicted molar refractivity (Wildman–Crippen MR) is 76.4 cm³/mol. The van der Waals surface area contributed by atoms with Gasteiger partial charge >= 0.3 is 0 Å². The molecule has 2 saturated carbocycles. The molecule has 2 rings (SSSR count). The normalized spacial score (nSPS) is 36.5. The zero-order chi connectivity index (χ0) is 13.1. The molecule has 0 saturated heterocycles. The van der Waals surface area contributed by atoms with Gasteiger partial charge in [-0.05, 0) is 38.0 Å². The Hall–Kier alpha value is -0.0800. The first kappa shape index (κ1) is 14.3. The molecule has 0 spiro atoms. The summed E-state index contributed by atoms with van der Waals surface area (Å²) in [5.41, 5.74) is 5.66. The molecule has 0 aromatic rings. The fraction of sp³-hybridized carbons (Fsp3) is 1.00. The number of nitrogens with two attached hydrogens (primary N) is 1. The van der Waals surface area contributed by atoms with Gasteiger partial charge in [-0.2, -0.15) is 0 Å². The maximum absolute atomic E-state index is 11.2. The van der Waals surface area contributed by atoms with Gasteiger partial charge in [0.25, 0.3) is 0 Å². The molecular formula is C16H31NO. The van der Waals surface area contributed by atoms with Gasteiger partial charge in [-0.15, -0.1) is 0 Å². The summed E-state index contributed by atoms with van der Waals surface area (Å²) < 4.78 is 0. The second-order valence-corrected chi connectivity index (χ2v) is 6.81. The van der Waals surface area contributed by atoms with Crippen LogP contribution in [0, 0.1) is 11.3 Å². The average molecular weight is 253 g/mol. The van der Waals surface area contributed by atoms with Crippen LogP contribution in [0.2, 0.25) is 0 Å². The van der Waals surface area contributed by atoms with Gasteiger partial charge in [0.05, 0.1) is 5.60 Å². The number of rotatable bonds is 4. The van der Waals surface area contributed by atoms with E-state index in [-0.39, 0.29) is 5.41 Å². The molecule has 2 heteroatoms. The van der Waals surface area contributed by atoms with E-state index in [1.807, 2.05) is 0 Å². The Morgan fingerprint density at radius 1 is 1.06 bits per heavy atom. The lowest BCUT2D eigenvalue weighted by Gasteiger charge is -2.44. The van der Waals surface area contributed by atoms with Crippen LogP contribution in [0.4, 0.5) is 0 Å². The second-order valence-electron chi connectivity index (χ2n) is 6.81. The number of aliphatic hydroxyl groups is 1. The Morgan fingerprint density at radius 3 is 2.39 bits per heavy atom. The van der Waals surface area contributed by atoms with Gasteiger partial charge < -0.3 is 10.8 Å². The topological polar surface area (TPSA) is 46.2 Å². The highest BCUT2D eigenvalue weighted by Gasteiger charge is 2.50. The molecule has 0 bridgehead atoms. The molecule has 3 N–H and O–H groups in total. The van der Waals surface area contributed by atoms with Crippen molar-refractivity contribution in [3.8, 4) is 0 Å². The summed E-state index contributed by atoms with van der Waals surface area (Å²) in [7, 11) is 0. The third-order valence-corrected chi connectivity index (χ3v) is 5.80. The van der Waals surface area contributed by atoms with Gasteiger partial charge in [-0.3, -0.25) is 0 Å². The van der Waals surface area contributed by atoms with Gasteiger partial charge in [0.15, 0.2) is 0 Å². The Balaban J connectivity index is 2.06. The van der Waals surface area contributed by atoms with E-state index < -0.39 is 5.60 Å². The molecule has 0 aromatic heterocycles. The first-order valence-corrected chi connectivity index (χ1v) is 8.08. The molecule has 2 atom stereocenters. The Morgan fingerprint density at radius 2 is 1.78 bits per heavy atom. The fourth-order valence-corrected chi connectivity index (χ4v) is 4.53. The summed E-state index contributed by atoms with van der Waals surface area (Å²) in [6, 6.07) is 0. The smallest absolute Gasteiger partial charge is 0.0715 e. The molecule has 18 heavy (non-hydrogen) atoms. The second kappa shape index (κ2) is 5.92. The lowest BCUT2D eigenvalue weighted by atomic mass is 9.66. The van der Waals surface area contributed by atoms with Gasteiger partial charge in [-0.1, -0.05) is 45.4 Å². The minimum Gasteiger partial charge on any atom is -0.389 e. The summed E-state index contributed by atoms with van der Waals surface area (Å²) in [4.78, 5) is 0. The molecule has 0 radical (unpaired) electrons. The first-order valence-electron chi connectivity index (χ1n) is 8.08. The van der Waals surface area contributed by atoms with E-state index in [1.54, 1.807) is 0 Å². The molecule has 2 aliphatic rings. The molecule has 2 unspecified atom stereocenters. The van der Waals surface area contributed by atoms with E-state index in [0.29, 0.717) is 6.54 Å². The SMILES string of the molecule is CCCC1CCCC(O)(C2(CN)CCCC2)CC1. The standard InChI is InChI=1S/C16H31NO/c1-2-6-14-7-5-11-16(18,12-8-14)15(13-17)9-3-4-10-15/h14,18H,2-13,17H2,1H3. The Labute approximate surface area is 112 Å². The van der Waals surface area contributed by atoms with Crippen molar-refractivity contribution < 1.29 is 5.11 Å². The van der Waals surface area contributed by atoms with Crippen molar-refractivity contribution in [2.24, 2.45) is 17.1 Å². The highest BCUT2D eigenvalue weighted by atomic mass is 16.3. The van der Waals surface area contributed by atoms with Crippen molar-refractivity contribution in [3.63, 3.8) is 0 Å². The maximum atomic E-state index is 11.2. The van der Waals surface area contributed by atoms with E-state index in [2.05, 4.69) is 6.92 Å². The monoisotopic (exact) mass is 253 g/mol. The zero-order valence-electron chi connectivity index (χ0n) is 12.1. The van der Waals surface area contributed by atoms with Crippen LogP contribution in [0.15, 0.2) is 0 Å². The Bertz CT molecular complexity index is 260. The molecule has 0 aliphatic heterocycles. The molecule has 2 fully saturated rings. The van der Waals surface area contributed by atoms with Crippen molar-refractivity contribution in [3.05, 3.63) is 0 Å². The lowest BCUT2D eigenvalue weighted by molar-refractivity contribution is -0.0898. The maximum Gasteiger partial charge on any atom is 0.0715 e. The summed E-state index contributed by atoms with van der Waals surface area (Å²) in [5.74, 6) is 0.847. The summed E-state index contributed by atoms with van der Waals surface area (Å²) in [6.45, 7) is 2.96. The van der Waals surface area contributed by atoms with Crippen LogP contribution >= 0.6 is 0 Å². The molecule has 0 amide bonds. The van der Waals surface area contributed by atoms with E-state index in [1.165, 1.54) is 44.9 Å². The molecule has 0 heterocycles. The first-order chi connectivity index (χ1) is 8.66.